The van der Waals surface area contributed by atoms with Gasteiger partial charge in [-0.1, -0.05) is 11.6 Å². The maximum Gasteiger partial charge on any atom is 0.192 e. The summed E-state index contributed by atoms with van der Waals surface area (Å²) in [6.07, 6.45) is 3.33. The summed E-state index contributed by atoms with van der Waals surface area (Å²) in [6.45, 7) is 0. The first-order chi connectivity index (χ1) is 5.29. The van der Waals surface area contributed by atoms with Crippen LogP contribution in [0.1, 0.15) is 10.9 Å². The van der Waals surface area contributed by atoms with Crippen LogP contribution in [-0.2, 0) is 0 Å². The van der Waals surface area contributed by atoms with E-state index >= 15 is 0 Å². The highest BCUT2D eigenvalue weighted by molar-refractivity contribution is 6.30. The van der Waals surface area contributed by atoms with E-state index in [1.165, 1.54) is 0 Å². The molecule has 1 aliphatic heterocycles. The summed E-state index contributed by atoms with van der Waals surface area (Å²) >= 11 is 11.6. The molecule has 1 aromatic rings. The van der Waals surface area contributed by atoms with Crippen molar-refractivity contribution >= 4 is 23.2 Å². The van der Waals surface area contributed by atoms with Crippen LogP contribution in [0.5, 0.6) is 5.75 Å². The third-order valence-corrected chi connectivity index (χ3v) is 2.51. The summed E-state index contributed by atoms with van der Waals surface area (Å²) in [6, 6.07) is 1.76. The van der Waals surface area contributed by atoms with Gasteiger partial charge < -0.3 is 4.74 Å². The van der Waals surface area contributed by atoms with Crippen LogP contribution in [0.4, 0.5) is 0 Å². The van der Waals surface area contributed by atoms with E-state index in [2.05, 4.69) is 4.98 Å². The molecular weight excluding hydrogens is 185 g/mol. The third kappa shape index (κ3) is 1.06. The lowest BCUT2D eigenvalue weighted by Gasteiger charge is -2.02. The number of aromatic nitrogens is 1. The molecule has 0 radical (unpaired) electrons. The molecule has 58 valence electrons. The zero-order chi connectivity index (χ0) is 7.84. The van der Waals surface area contributed by atoms with Crippen molar-refractivity contribution in [2.75, 3.05) is 0 Å². The predicted molar refractivity (Wildman–Crippen MR) is 43.1 cm³/mol. The van der Waals surface area contributed by atoms with E-state index in [4.69, 9.17) is 27.9 Å². The molecule has 4 heteroatoms. The van der Waals surface area contributed by atoms with Crippen LogP contribution in [0.3, 0.4) is 0 Å². The van der Waals surface area contributed by atoms with Crippen LogP contribution >= 0.6 is 23.2 Å². The van der Waals surface area contributed by atoms with Gasteiger partial charge in [0.25, 0.3) is 0 Å². The maximum atomic E-state index is 5.90. The Balaban J connectivity index is 2.47. The molecule has 0 saturated heterocycles. The van der Waals surface area contributed by atoms with Crippen LogP contribution < -0.4 is 4.74 Å². The van der Waals surface area contributed by atoms with Gasteiger partial charge in [-0.15, -0.1) is 11.6 Å². The summed E-state index contributed by atoms with van der Waals surface area (Å²) in [5.41, 5.74) is 0.407. The zero-order valence-corrected chi connectivity index (χ0v) is 7.01. The van der Waals surface area contributed by atoms with E-state index < -0.39 is 5.56 Å². The first-order valence-electron chi connectivity index (χ1n) is 3.18. The van der Waals surface area contributed by atoms with Crippen molar-refractivity contribution in [3.05, 3.63) is 24.0 Å². The topological polar surface area (TPSA) is 22.1 Å². The molecule has 0 unspecified atom stereocenters. The third-order valence-electron chi connectivity index (χ3n) is 1.58. The van der Waals surface area contributed by atoms with E-state index in [0.717, 1.165) is 11.3 Å². The monoisotopic (exact) mass is 189 g/mol. The fraction of sp³-hybridized carbons (Fsp3) is 0.286. The Morgan fingerprint density at radius 3 is 3.00 bits per heavy atom. The fourth-order valence-corrected chi connectivity index (χ4v) is 1.48. The molecule has 2 rings (SSSR count). The van der Waals surface area contributed by atoms with E-state index in [0.29, 0.717) is 0 Å². The van der Waals surface area contributed by atoms with Crippen molar-refractivity contribution in [1.29, 1.82) is 0 Å². The molecule has 2 heterocycles. The molecule has 0 fully saturated rings. The molecule has 0 bridgehead atoms. The lowest BCUT2D eigenvalue weighted by molar-refractivity contribution is 0.312. The van der Waals surface area contributed by atoms with Crippen LogP contribution in [0.15, 0.2) is 18.5 Å². The first kappa shape index (κ1) is 7.19. The van der Waals surface area contributed by atoms with E-state index in [1.54, 1.807) is 18.5 Å². The summed E-state index contributed by atoms with van der Waals surface area (Å²) in [5.74, 6) is 0.736. The molecule has 2 nitrogen and oxygen atoms in total. The van der Waals surface area contributed by atoms with Crippen molar-refractivity contribution in [3.8, 4) is 5.75 Å². The number of halogens is 2. The standard InChI is InChI=1S/C7H5Cl2NO/c8-6-4-3-10-2-1-5(4)11-7(6)9/h1-3,6-7H/t6-,7-/m1/s1. The smallest absolute Gasteiger partial charge is 0.192 e. The van der Waals surface area contributed by atoms with Crippen LogP contribution in [0.2, 0.25) is 0 Å². The number of alkyl halides is 2. The number of hydrogen-bond donors (Lipinski definition) is 0. The Morgan fingerprint density at radius 2 is 2.27 bits per heavy atom. The van der Waals surface area contributed by atoms with Crippen molar-refractivity contribution in [2.24, 2.45) is 0 Å². The zero-order valence-electron chi connectivity index (χ0n) is 5.50. The summed E-state index contributed by atoms with van der Waals surface area (Å²) in [4.78, 5) is 3.92. The van der Waals surface area contributed by atoms with Gasteiger partial charge in [-0.3, -0.25) is 4.98 Å². The van der Waals surface area contributed by atoms with Crippen LogP contribution in [0, 0.1) is 0 Å². The van der Waals surface area contributed by atoms with Crippen molar-refractivity contribution in [3.63, 3.8) is 0 Å². The Morgan fingerprint density at radius 1 is 1.45 bits per heavy atom. The normalized spacial score (nSPS) is 27.8. The number of fused-ring (bicyclic) bond motifs is 1. The fourth-order valence-electron chi connectivity index (χ4n) is 1.03. The molecule has 0 spiro atoms. The molecule has 0 saturated carbocycles. The molecule has 0 amide bonds. The number of nitrogens with zero attached hydrogens (tertiary/aromatic N) is 1. The van der Waals surface area contributed by atoms with Crippen LogP contribution in [-0.4, -0.2) is 10.5 Å². The van der Waals surface area contributed by atoms with Gasteiger partial charge in [-0.05, 0) is 6.07 Å². The lowest BCUT2D eigenvalue weighted by atomic mass is 10.2. The van der Waals surface area contributed by atoms with Crippen LogP contribution in [0.25, 0.3) is 0 Å². The van der Waals surface area contributed by atoms with Gasteiger partial charge in [-0.25, -0.2) is 0 Å². The van der Waals surface area contributed by atoms with Gasteiger partial charge in [0.1, 0.15) is 11.1 Å². The lowest BCUT2D eigenvalue weighted by Crippen LogP contribution is -2.04. The van der Waals surface area contributed by atoms with Gasteiger partial charge in [-0.2, -0.15) is 0 Å². The van der Waals surface area contributed by atoms with Gasteiger partial charge in [0.05, 0.1) is 0 Å². The number of pyridine rings is 1. The average Bonchev–Trinajstić information content (AvgIpc) is 2.30. The van der Waals surface area contributed by atoms with Crippen molar-refractivity contribution < 1.29 is 4.74 Å². The summed E-state index contributed by atoms with van der Waals surface area (Å²) < 4.78 is 5.21. The number of hydrogen-bond acceptors (Lipinski definition) is 2. The second-order valence-corrected chi connectivity index (χ2v) is 3.18. The Kier molecular flexibility index (Phi) is 1.66. The minimum absolute atomic E-state index is 0.277. The van der Waals surface area contributed by atoms with Crippen molar-refractivity contribution in [1.82, 2.24) is 4.98 Å². The van der Waals surface area contributed by atoms with Gasteiger partial charge in [0, 0.05) is 18.0 Å². The Labute approximate surface area is 74.1 Å². The maximum absolute atomic E-state index is 5.90. The Bertz CT molecular complexity index is 279. The molecule has 0 N–H and O–H groups in total. The van der Waals surface area contributed by atoms with E-state index in [1.807, 2.05) is 0 Å². The second kappa shape index (κ2) is 2.54. The molecule has 11 heavy (non-hydrogen) atoms. The highest BCUT2D eigenvalue weighted by Gasteiger charge is 2.30. The highest BCUT2D eigenvalue weighted by Crippen LogP contribution is 2.41. The summed E-state index contributed by atoms with van der Waals surface area (Å²) in [5, 5.41) is -0.277. The molecule has 0 aromatic carbocycles. The molecular formula is C7H5Cl2NO. The van der Waals surface area contributed by atoms with Gasteiger partial charge in [0.15, 0.2) is 5.56 Å². The average molecular weight is 190 g/mol. The molecule has 1 aliphatic rings. The van der Waals surface area contributed by atoms with E-state index in [-0.39, 0.29) is 5.38 Å². The SMILES string of the molecule is Cl[C@@H]1Oc2ccncc2[C@H]1Cl. The number of rotatable bonds is 0. The quantitative estimate of drug-likeness (QED) is 0.585. The highest BCUT2D eigenvalue weighted by atomic mass is 35.5. The van der Waals surface area contributed by atoms with Crippen molar-refractivity contribution in [2.45, 2.75) is 10.9 Å². The molecule has 0 aliphatic carbocycles. The molecule has 1 aromatic heterocycles. The van der Waals surface area contributed by atoms with Gasteiger partial charge in [0.2, 0.25) is 0 Å². The molecule has 2 atom stereocenters. The van der Waals surface area contributed by atoms with E-state index in [9.17, 15) is 0 Å². The first-order valence-corrected chi connectivity index (χ1v) is 4.05. The second-order valence-electron chi connectivity index (χ2n) is 2.28. The van der Waals surface area contributed by atoms with Gasteiger partial charge >= 0.3 is 0 Å². The minimum atomic E-state index is -0.462. The number of ether oxygens (including phenoxy) is 1. The predicted octanol–water partition coefficient (Wildman–Crippen LogP) is 2.32. The Hall–Kier alpha value is -0.470. The minimum Gasteiger partial charge on any atom is -0.472 e. The summed E-state index contributed by atoms with van der Waals surface area (Å²) in [7, 11) is 0. The largest absolute Gasteiger partial charge is 0.472 e.